The Morgan fingerprint density at radius 1 is 1.36 bits per heavy atom. The second-order valence-corrected chi connectivity index (χ2v) is 8.06. The summed E-state index contributed by atoms with van der Waals surface area (Å²) in [6.07, 6.45) is 3.32. The van der Waals surface area contributed by atoms with Gasteiger partial charge in [0, 0.05) is 16.1 Å². The van der Waals surface area contributed by atoms with Crippen LogP contribution < -0.4 is 5.32 Å². The smallest absolute Gasteiger partial charge is 0.225 e. The van der Waals surface area contributed by atoms with Crippen molar-refractivity contribution in [3.63, 3.8) is 0 Å². The van der Waals surface area contributed by atoms with Crippen LogP contribution in [0.25, 0.3) is 10.2 Å². The molecule has 0 saturated carbocycles. The molecule has 1 atom stereocenters. The number of thiophene rings is 1. The first-order valence-electron chi connectivity index (χ1n) is 8.37. The minimum Gasteiger partial charge on any atom is -0.340 e. The zero-order chi connectivity index (χ0) is 17.6. The van der Waals surface area contributed by atoms with Gasteiger partial charge in [0.25, 0.3) is 0 Å². The number of hydrogen-bond acceptors (Lipinski definition) is 5. The van der Waals surface area contributed by atoms with Gasteiger partial charge in [-0.3, -0.25) is 4.79 Å². The van der Waals surface area contributed by atoms with Crippen LogP contribution in [-0.2, 0) is 12.8 Å². The molecule has 1 aliphatic rings. The summed E-state index contributed by atoms with van der Waals surface area (Å²) >= 11 is 7.88. The lowest BCUT2D eigenvalue weighted by Crippen LogP contribution is -2.09. The standard InChI is InChI=1S/C19H18ClN3OS/c1-10-6-7-14-15(8-10)25-18-16(14)17(22-19(20)23-18)21-13-5-3-4-12(9-13)11(2)24/h3-5,9-10H,6-8H2,1-2H3,(H,21,22,23). The Kier molecular flexibility index (Phi) is 4.21. The molecule has 0 saturated heterocycles. The molecule has 128 valence electrons. The van der Waals surface area contributed by atoms with Crippen LogP contribution in [-0.4, -0.2) is 15.8 Å². The Hall–Kier alpha value is -1.98. The van der Waals surface area contributed by atoms with Gasteiger partial charge in [-0.15, -0.1) is 11.3 Å². The van der Waals surface area contributed by atoms with Gasteiger partial charge in [0.2, 0.25) is 5.28 Å². The molecule has 2 heterocycles. The molecule has 0 amide bonds. The van der Waals surface area contributed by atoms with Gasteiger partial charge in [0.05, 0.1) is 5.39 Å². The van der Waals surface area contributed by atoms with Crippen molar-refractivity contribution >= 4 is 50.4 Å². The Labute approximate surface area is 155 Å². The summed E-state index contributed by atoms with van der Waals surface area (Å²) in [7, 11) is 0. The van der Waals surface area contributed by atoms with Crippen LogP contribution >= 0.6 is 22.9 Å². The summed E-state index contributed by atoms with van der Waals surface area (Å²) in [6.45, 7) is 3.85. The average Bonchev–Trinajstić information content (AvgIpc) is 2.92. The van der Waals surface area contributed by atoms with Crippen LogP contribution in [0.3, 0.4) is 0 Å². The first kappa shape index (κ1) is 16.5. The number of carbonyl (C=O) groups excluding carboxylic acids is 1. The van der Waals surface area contributed by atoms with E-state index in [1.54, 1.807) is 18.3 Å². The van der Waals surface area contributed by atoms with Gasteiger partial charge in [-0.05, 0) is 61.4 Å². The maximum absolute atomic E-state index is 11.6. The van der Waals surface area contributed by atoms with E-state index in [1.807, 2.05) is 24.3 Å². The Balaban J connectivity index is 1.81. The van der Waals surface area contributed by atoms with E-state index < -0.39 is 0 Å². The summed E-state index contributed by atoms with van der Waals surface area (Å²) < 4.78 is 0. The number of halogens is 1. The van der Waals surface area contributed by atoms with Gasteiger partial charge in [0.15, 0.2) is 5.78 Å². The van der Waals surface area contributed by atoms with Gasteiger partial charge in [-0.2, -0.15) is 4.98 Å². The zero-order valence-corrected chi connectivity index (χ0v) is 15.7. The molecule has 3 aromatic rings. The summed E-state index contributed by atoms with van der Waals surface area (Å²) in [5.74, 6) is 1.46. The fourth-order valence-corrected chi connectivity index (χ4v) is 4.96. The third kappa shape index (κ3) is 3.14. The minimum absolute atomic E-state index is 0.0383. The molecule has 0 aliphatic heterocycles. The lowest BCUT2D eigenvalue weighted by atomic mass is 9.89. The predicted molar refractivity (Wildman–Crippen MR) is 103 cm³/mol. The number of aryl methyl sites for hydroxylation is 1. The summed E-state index contributed by atoms with van der Waals surface area (Å²) in [4.78, 5) is 22.8. The average molecular weight is 372 g/mol. The van der Waals surface area contributed by atoms with E-state index in [2.05, 4.69) is 22.2 Å². The second-order valence-electron chi connectivity index (χ2n) is 6.64. The van der Waals surface area contributed by atoms with Gasteiger partial charge in [0.1, 0.15) is 10.6 Å². The van der Waals surface area contributed by atoms with Crippen molar-refractivity contribution in [3.8, 4) is 0 Å². The molecule has 0 radical (unpaired) electrons. The van der Waals surface area contributed by atoms with E-state index >= 15 is 0 Å². The van der Waals surface area contributed by atoms with Crippen LogP contribution in [0.15, 0.2) is 24.3 Å². The van der Waals surface area contributed by atoms with Crippen molar-refractivity contribution in [2.24, 2.45) is 5.92 Å². The van der Waals surface area contributed by atoms with E-state index in [0.717, 1.165) is 34.6 Å². The van der Waals surface area contributed by atoms with E-state index in [0.29, 0.717) is 11.5 Å². The monoisotopic (exact) mass is 371 g/mol. The molecule has 0 spiro atoms. The van der Waals surface area contributed by atoms with E-state index in [4.69, 9.17) is 11.6 Å². The molecule has 0 bridgehead atoms. The topological polar surface area (TPSA) is 54.9 Å². The third-order valence-corrected chi connectivity index (χ3v) is 5.98. The molecule has 2 aromatic heterocycles. The van der Waals surface area contributed by atoms with Gasteiger partial charge in [-0.25, -0.2) is 4.98 Å². The van der Waals surface area contributed by atoms with Crippen LogP contribution in [0, 0.1) is 5.92 Å². The maximum Gasteiger partial charge on any atom is 0.225 e. The molecule has 1 aromatic carbocycles. The fourth-order valence-electron chi connectivity index (χ4n) is 3.36. The van der Waals surface area contributed by atoms with Crippen molar-refractivity contribution in [2.75, 3.05) is 5.32 Å². The summed E-state index contributed by atoms with van der Waals surface area (Å²) in [5.41, 5.74) is 2.84. The number of Topliss-reactive ketones (excluding diaryl/α,β-unsaturated/α-hetero) is 1. The van der Waals surface area contributed by atoms with Crippen LogP contribution in [0.1, 0.15) is 41.1 Å². The molecule has 1 unspecified atom stereocenters. The van der Waals surface area contributed by atoms with Crippen LogP contribution in [0.5, 0.6) is 0 Å². The molecule has 4 rings (SSSR count). The normalized spacial score (nSPS) is 16.7. The highest BCUT2D eigenvalue weighted by Gasteiger charge is 2.24. The molecular formula is C19H18ClN3OS. The SMILES string of the molecule is CC(=O)c1cccc(Nc2nc(Cl)nc3sc4c(c23)CCC(C)C4)c1. The minimum atomic E-state index is 0.0383. The van der Waals surface area contributed by atoms with Crippen molar-refractivity contribution in [2.45, 2.75) is 33.1 Å². The largest absolute Gasteiger partial charge is 0.340 e. The Morgan fingerprint density at radius 2 is 2.20 bits per heavy atom. The van der Waals surface area contributed by atoms with Crippen molar-refractivity contribution in [1.82, 2.24) is 9.97 Å². The quantitative estimate of drug-likeness (QED) is 0.493. The first-order chi connectivity index (χ1) is 12.0. The highest BCUT2D eigenvalue weighted by molar-refractivity contribution is 7.19. The highest BCUT2D eigenvalue weighted by atomic mass is 35.5. The number of nitrogens with one attached hydrogen (secondary N) is 1. The van der Waals surface area contributed by atoms with Gasteiger partial charge in [-0.1, -0.05) is 19.1 Å². The first-order valence-corrected chi connectivity index (χ1v) is 9.56. The van der Waals surface area contributed by atoms with E-state index in [1.165, 1.54) is 16.9 Å². The third-order valence-electron chi connectivity index (χ3n) is 4.66. The molecule has 25 heavy (non-hydrogen) atoms. The van der Waals surface area contributed by atoms with Gasteiger partial charge >= 0.3 is 0 Å². The molecule has 1 N–H and O–H groups in total. The summed E-state index contributed by atoms with van der Waals surface area (Å²) in [5, 5.41) is 4.66. The van der Waals surface area contributed by atoms with E-state index in [-0.39, 0.29) is 11.1 Å². The molecule has 1 aliphatic carbocycles. The molecular weight excluding hydrogens is 354 g/mol. The highest BCUT2D eigenvalue weighted by Crippen LogP contribution is 2.41. The van der Waals surface area contributed by atoms with Crippen molar-refractivity contribution < 1.29 is 4.79 Å². The number of rotatable bonds is 3. The molecule has 0 fully saturated rings. The molecule has 6 heteroatoms. The number of ketones is 1. The lowest BCUT2D eigenvalue weighted by Gasteiger charge is -2.18. The van der Waals surface area contributed by atoms with Crippen molar-refractivity contribution in [1.29, 1.82) is 0 Å². The number of hydrogen-bond donors (Lipinski definition) is 1. The number of anilines is 2. The number of aromatic nitrogens is 2. The lowest BCUT2D eigenvalue weighted by molar-refractivity contribution is 0.101. The van der Waals surface area contributed by atoms with Crippen LogP contribution in [0.2, 0.25) is 5.28 Å². The van der Waals surface area contributed by atoms with E-state index in [9.17, 15) is 4.79 Å². The Morgan fingerprint density at radius 3 is 3.00 bits per heavy atom. The number of benzene rings is 1. The number of fused-ring (bicyclic) bond motifs is 3. The fraction of sp³-hybridized carbons (Fsp3) is 0.316. The summed E-state index contributed by atoms with van der Waals surface area (Å²) in [6, 6.07) is 7.44. The maximum atomic E-state index is 11.6. The Bertz CT molecular complexity index is 982. The van der Waals surface area contributed by atoms with Crippen LogP contribution in [0.4, 0.5) is 11.5 Å². The van der Waals surface area contributed by atoms with Crippen molar-refractivity contribution in [3.05, 3.63) is 45.6 Å². The van der Waals surface area contributed by atoms with Gasteiger partial charge < -0.3 is 5.32 Å². The predicted octanol–water partition coefficient (Wildman–Crippen LogP) is 5.42. The zero-order valence-electron chi connectivity index (χ0n) is 14.1. The molecule has 4 nitrogen and oxygen atoms in total. The number of carbonyl (C=O) groups is 1. The second kappa shape index (κ2) is 6.39. The number of nitrogens with zero attached hydrogens (tertiary/aromatic N) is 2.